The maximum absolute atomic E-state index is 12.9. The third-order valence-corrected chi connectivity index (χ3v) is 7.51. The molecule has 1 unspecified atom stereocenters. The van der Waals surface area contributed by atoms with Gasteiger partial charge in [0.25, 0.3) is 0 Å². The number of carbonyl (C=O) groups excluding carboxylic acids is 2. The summed E-state index contributed by atoms with van der Waals surface area (Å²) < 4.78 is 0. The lowest BCUT2D eigenvalue weighted by Gasteiger charge is -2.40. The van der Waals surface area contributed by atoms with E-state index in [9.17, 15) is 9.59 Å². The van der Waals surface area contributed by atoms with Crippen LogP contribution >= 0.6 is 23.4 Å². The summed E-state index contributed by atoms with van der Waals surface area (Å²) >= 11 is 7.63. The van der Waals surface area contributed by atoms with Crippen molar-refractivity contribution in [2.24, 2.45) is 0 Å². The van der Waals surface area contributed by atoms with Crippen molar-refractivity contribution in [3.05, 3.63) is 46.6 Å². The molecule has 1 fully saturated rings. The summed E-state index contributed by atoms with van der Waals surface area (Å²) in [6.45, 7) is 8.15. The second-order valence-electron chi connectivity index (χ2n) is 9.03. The van der Waals surface area contributed by atoms with Gasteiger partial charge >= 0.3 is 6.03 Å². The molecule has 4 rings (SSSR count). The number of amides is 3. The molecule has 0 radical (unpaired) electrons. The number of piperazine rings is 1. The Kier molecular flexibility index (Phi) is 8.73. The first kappa shape index (κ1) is 25.6. The van der Waals surface area contributed by atoms with Crippen molar-refractivity contribution in [2.45, 2.75) is 50.9 Å². The van der Waals surface area contributed by atoms with Crippen molar-refractivity contribution in [3.8, 4) is 0 Å². The Hall–Kier alpha value is -2.52. The van der Waals surface area contributed by atoms with E-state index in [1.165, 1.54) is 22.9 Å². The number of rotatable bonds is 7. The Bertz CT molecular complexity index is 1050. The Morgan fingerprint density at radius 3 is 2.74 bits per heavy atom. The number of hydrogen-bond donors (Lipinski definition) is 1. The Labute approximate surface area is 216 Å². The number of halogens is 1. The summed E-state index contributed by atoms with van der Waals surface area (Å²) in [5.41, 5.74) is 2.53. The number of carbonyl (C=O) groups is 2. The van der Waals surface area contributed by atoms with Crippen LogP contribution in [0.3, 0.4) is 0 Å². The third-order valence-electron chi connectivity index (χ3n) is 6.49. The standard InChI is InChI=1S/C25H33ClN6O2S/c1-3-4-10-27-25(34)32-13-12-30(15-18(32)2)22-14-21(26)28-24(29-22)35-17-23(33)31-11-9-19-7-5-6-8-20(19)16-31/h5-8,14,18H,3-4,9-13,15-17H2,1-2H3,(H,27,34). The fourth-order valence-electron chi connectivity index (χ4n) is 4.48. The fourth-order valence-corrected chi connectivity index (χ4v) is 5.46. The van der Waals surface area contributed by atoms with Crippen LogP contribution in [0.5, 0.6) is 0 Å². The van der Waals surface area contributed by atoms with Crippen molar-refractivity contribution >= 4 is 41.1 Å². The van der Waals surface area contributed by atoms with Gasteiger partial charge in [0.05, 0.1) is 5.75 Å². The second-order valence-corrected chi connectivity index (χ2v) is 10.4. The number of nitrogens with zero attached hydrogens (tertiary/aromatic N) is 5. The number of thioether (sulfide) groups is 1. The van der Waals surface area contributed by atoms with Gasteiger partial charge in [-0.3, -0.25) is 4.79 Å². The molecule has 1 N–H and O–H groups in total. The molecule has 0 spiro atoms. The monoisotopic (exact) mass is 516 g/mol. The minimum absolute atomic E-state index is 0.0126. The van der Waals surface area contributed by atoms with Crippen LogP contribution < -0.4 is 10.2 Å². The van der Waals surface area contributed by atoms with Gasteiger partial charge in [0.15, 0.2) is 5.16 Å². The minimum Gasteiger partial charge on any atom is -0.353 e. The first-order chi connectivity index (χ1) is 16.9. The molecule has 1 atom stereocenters. The number of aromatic nitrogens is 2. The zero-order valence-electron chi connectivity index (χ0n) is 20.4. The zero-order valence-corrected chi connectivity index (χ0v) is 21.9. The lowest BCUT2D eigenvalue weighted by atomic mass is 10.00. The van der Waals surface area contributed by atoms with E-state index in [1.807, 2.05) is 28.9 Å². The first-order valence-electron chi connectivity index (χ1n) is 12.3. The summed E-state index contributed by atoms with van der Waals surface area (Å²) in [4.78, 5) is 40.3. The highest BCUT2D eigenvalue weighted by atomic mass is 35.5. The minimum atomic E-state index is -0.0126. The van der Waals surface area contributed by atoms with Gasteiger partial charge in [-0.25, -0.2) is 14.8 Å². The summed E-state index contributed by atoms with van der Waals surface area (Å²) in [6.07, 6.45) is 2.91. The van der Waals surface area contributed by atoms with Crippen LogP contribution in [-0.4, -0.2) is 76.2 Å². The summed E-state index contributed by atoms with van der Waals surface area (Å²) in [7, 11) is 0. The van der Waals surface area contributed by atoms with E-state index in [1.54, 1.807) is 6.07 Å². The van der Waals surface area contributed by atoms with Gasteiger partial charge in [0.1, 0.15) is 11.0 Å². The molecule has 3 heterocycles. The molecule has 0 aliphatic carbocycles. The van der Waals surface area contributed by atoms with Crippen molar-refractivity contribution in [2.75, 3.05) is 43.4 Å². The van der Waals surface area contributed by atoms with Crippen LogP contribution in [0.2, 0.25) is 5.15 Å². The van der Waals surface area contributed by atoms with Crippen LogP contribution in [0.15, 0.2) is 35.5 Å². The molecule has 188 valence electrons. The van der Waals surface area contributed by atoms with E-state index in [-0.39, 0.29) is 23.7 Å². The predicted octanol–water partition coefficient (Wildman–Crippen LogP) is 3.83. The molecule has 3 amide bonds. The highest BCUT2D eigenvalue weighted by molar-refractivity contribution is 7.99. The molecule has 0 bridgehead atoms. The van der Waals surface area contributed by atoms with E-state index in [4.69, 9.17) is 11.6 Å². The molecule has 2 aliphatic heterocycles. The molecule has 1 aromatic heterocycles. The van der Waals surface area contributed by atoms with Crippen molar-refractivity contribution in [1.29, 1.82) is 0 Å². The maximum Gasteiger partial charge on any atom is 0.317 e. The lowest BCUT2D eigenvalue weighted by Crippen LogP contribution is -2.56. The number of unbranched alkanes of at least 4 members (excludes halogenated alkanes) is 1. The molecule has 10 heteroatoms. The van der Waals surface area contributed by atoms with Gasteiger partial charge in [-0.1, -0.05) is 61.0 Å². The van der Waals surface area contributed by atoms with Gasteiger partial charge in [-0.05, 0) is 30.9 Å². The molecule has 2 aliphatic rings. The van der Waals surface area contributed by atoms with Crippen LogP contribution in [0.25, 0.3) is 0 Å². The molecular formula is C25H33ClN6O2S. The average molecular weight is 517 g/mol. The Balaban J connectivity index is 1.33. The third kappa shape index (κ3) is 6.58. The quantitative estimate of drug-likeness (QED) is 0.261. The first-order valence-corrected chi connectivity index (χ1v) is 13.6. The smallest absolute Gasteiger partial charge is 0.317 e. The average Bonchev–Trinajstić information content (AvgIpc) is 2.86. The van der Waals surface area contributed by atoms with Gasteiger partial charge in [0, 0.05) is 51.4 Å². The van der Waals surface area contributed by atoms with Gasteiger partial charge in [-0.15, -0.1) is 0 Å². The highest BCUT2D eigenvalue weighted by Gasteiger charge is 2.28. The largest absolute Gasteiger partial charge is 0.353 e. The number of fused-ring (bicyclic) bond motifs is 1. The van der Waals surface area contributed by atoms with Crippen LogP contribution in [0.1, 0.15) is 37.8 Å². The number of anilines is 1. The summed E-state index contributed by atoms with van der Waals surface area (Å²) in [5, 5.41) is 3.84. The molecule has 2 aromatic rings. The van der Waals surface area contributed by atoms with Gasteiger partial charge < -0.3 is 20.0 Å². The van der Waals surface area contributed by atoms with Gasteiger partial charge in [-0.2, -0.15) is 0 Å². The lowest BCUT2D eigenvalue weighted by molar-refractivity contribution is -0.129. The Morgan fingerprint density at radius 1 is 1.17 bits per heavy atom. The van der Waals surface area contributed by atoms with E-state index in [0.29, 0.717) is 43.0 Å². The molecule has 0 saturated carbocycles. The van der Waals surface area contributed by atoms with Crippen molar-refractivity contribution < 1.29 is 9.59 Å². The number of benzene rings is 1. The maximum atomic E-state index is 12.9. The normalized spacial score (nSPS) is 17.8. The predicted molar refractivity (Wildman–Crippen MR) is 140 cm³/mol. The van der Waals surface area contributed by atoms with E-state index >= 15 is 0 Å². The highest BCUT2D eigenvalue weighted by Crippen LogP contribution is 2.25. The zero-order chi connectivity index (χ0) is 24.8. The summed E-state index contributed by atoms with van der Waals surface area (Å²) in [5.74, 6) is 1.07. The Morgan fingerprint density at radius 2 is 1.97 bits per heavy atom. The molecule has 1 aromatic carbocycles. The SMILES string of the molecule is CCCCNC(=O)N1CCN(c2cc(Cl)nc(SCC(=O)N3CCc4ccccc4C3)n2)CC1C. The van der Waals surface area contributed by atoms with Crippen LogP contribution in [0, 0.1) is 0 Å². The number of hydrogen-bond acceptors (Lipinski definition) is 6. The van der Waals surface area contributed by atoms with Crippen LogP contribution in [-0.2, 0) is 17.8 Å². The molecule has 8 nitrogen and oxygen atoms in total. The number of nitrogens with one attached hydrogen (secondary N) is 1. The van der Waals surface area contributed by atoms with E-state index in [2.05, 4.69) is 39.2 Å². The van der Waals surface area contributed by atoms with E-state index < -0.39 is 0 Å². The van der Waals surface area contributed by atoms with E-state index in [0.717, 1.165) is 31.6 Å². The molecule has 1 saturated heterocycles. The van der Waals surface area contributed by atoms with Gasteiger partial charge in [0.2, 0.25) is 5.91 Å². The molecular weight excluding hydrogens is 484 g/mol. The summed E-state index contributed by atoms with van der Waals surface area (Å²) in [6, 6.07) is 10.1. The van der Waals surface area contributed by atoms with Crippen molar-refractivity contribution in [1.82, 2.24) is 25.1 Å². The second kappa shape index (κ2) is 11.9. The van der Waals surface area contributed by atoms with Crippen molar-refractivity contribution in [3.63, 3.8) is 0 Å². The molecule has 35 heavy (non-hydrogen) atoms. The van der Waals surface area contributed by atoms with Crippen LogP contribution in [0.4, 0.5) is 10.6 Å². The number of urea groups is 1. The fraction of sp³-hybridized carbons (Fsp3) is 0.520. The topological polar surface area (TPSA) is 81.7 Å².